The summed E-state index contributed by atoms with van der Waals surface area (Å²) in [6.45, 7) is 3.36. The summed E-state index contributed by atoms with van der Waals surface area (Å²) >= 11 is 0. The molecule has 0 saturated heterocycles. The van der Waals surface area contributed by atoms with Gasteiger partial charge in [-0.15, -0.1) is 0 Å². The van der Waals surface area contributed by atoms with Crippen LogP contribution in [0.2, 0.25) is 0 Å². The van der Waals surface area contributed by atoms with Gasteiger partial charge >= 0.3 is 11.9 Å². The third kappa shape index (κ3) is 2.42. The Morgan fingerprint density at radius 3 is 2.45 bits per heavy atom. The monoisotopic (exact) mass is 276 g/mol. The van der Waals surface area contributed by atoms with Gasteiger partial charge in [-0.2, -0.15) is 0 Å². The SMILES string of the molecule is COC(=O)C1(c2ccc(C)cc2)CCCC1OC(C)=O. The number of hydrogen-bond donors (Lipinski definition) is 0. The summed E-state index contributed by atoms with van der Waals surface area (Å²) in [5.74, 6) is -0.692. The lowest BCUT2D eigenvalue weighted by molar-refractivity contribution is -0.160. The first-order valence-corrected chi connectivity index (χ1v) is 6.83. The van der Waals surface area contributed by atoms with Gasteiger partial charge in [0.25, 0.3) is 0 Å². The topological polar surface area (TPSA) is 52.6 Å². The van der Waals surface area contributed by atoms with E-state index in [1.54, 1.807) is 0 Å². The number of esters is 2. The molecule has 1 aromatic rings. The maximum Gasteiger partial charge on any atom is 0.320 e. The van der Waals surface area contributed by atoms with E-state index in [0.29, 0.717) is 12.8 Å². The standard InChI is InChI=1S/C16H20O4/c1-11-6-8-13(9-7-11)16(15(18)19-3)10-4-5-14(16)20-12(2)17/h6-9,14H,4-5,10H2,1-3H3. The average molecular weight is 276 g/mol. The highest BCUT2D eigenvalue weighted by molar-refractivity contribution is 5.85. The maximum absolute atomic E-state index is 12.4. The van der Waals surface area contributed by atoms with E-state index in [9.17, 15) is 9.59 Å². The van der Waals surface area contributed by atoms with Crippen molar-refractivity contribution in [1.82, 2.24) is 0 Å². The van der Waals surface area contributed by atoms with Crippen molar-refractivity contribution in [2.45, 2.75) is 44.6 Å². The Hall–Kier alpha value is -1.84. The zero-order valence-electron chi connectivity index (χ0n) is 12.1. The minimum absolute atomic E-state index is 0.329. The zero-order valence-corrected chi connectivity index (χ0v) is 12.1. The van der Waals surface area contributed by atoms with E-state index in [4.69, 9.17) is 9.47 Å². The van der Waals surface area contributed by atoms with Crippen LogP contribution in [-0.4, -0.2) is 25.2 Å². The minimum atomic E-state index is -0.867. The molecule has 0 aliphatic heterocycles. The summed E-state index contributed by atoms with van der Waals surface area (Å²) in [4.78, 5) is 23.7. The van der Waals surface area contributed by atoms with Crippen LogP contribution in [0, 0.1) is 6.92 Å². The molecule has 0 bridgehead atoms. The predicted molar refractivity (Wildman–Crippen MR) is 74.3 cm³/mol. The normalized spacial score (nSPS) is 25.2. The summed E-state index contributed by atoms with van der Waals surface area (Å²) in [6, 6.07) is 7.77. The van der Waals surface area contributed by atoms with Crippen LogP contribution in [0.1, 0.15) is 37.3 Å². The number of carbonyl (C=O) groups excluding carboxylic acids is 2. The van der Waals surface area contributed by atoms with Gasteiger partial charge in [0.2, 0.25) is 0 Å². The number of carbonyl (C=O) groups is 2. The van der Waals surface area contributed by atoms with E-state index >= 15 is 0 Å². The molecule has 0 spiro atoms. The molecule has 0 radical (unpaired) electrons. The number of benzene rings is 1. The maximum atomic E-state index is 12.4. The third-order valence-electron chi connectivity index (χ3n) is 4.01. The molecule has 1 aliphatic rings. The van der Waals surface area contributed by atoms with Crippen LogP contribution < -0.4 is 0 Å². The van der Waals surface area contributed by atoms with Gasteiger partial charge in [-0.1, -0.05) is 29.8 Å². The van der Waals surface area contributed by atoms with E-state index in [-0.39, 0.29) is 11.9 Å². The Labute approximate surface area is 119 Å². The second-order valence-corrected chi connectivity index (χ2v) is 5.32. The Kier molecular flexibility index (Phi) is 4.12. The molecule has 0 N–H and O–H groups in total. The lowest BCUT2D eigenvalue weighted by Crippen LogP contribution is -2.45. The lowest BCUT2D eigenvalue weighted by Gasteiger charge is -2.32. The van der Waals surface area contributed by atoms with Gasteiger partial charge in [-0.3, -0.25) is 9.59 Å². The van der Waals surface area contributed by atoms with E-state index in [0.717, 1.165) is 17.5 Å². The number of ether oxygens (including phenoxy) is 2. The van der Waals surface area contributed by atoms with Crippen LogP contribution in [0.15, 0.2) is 24.3 Å². The van der Waals surface area contributed by atoms with Gasteiger partial charge in [-0.25, -0.2) is 0 Å². The zero-order chi connectivity index (χ0) is 14.8. The first kappa shape index (κ1) is 14.6. The summed E-state index contributed by atoms with van der Waals surface area (Å²) in [5, 5.41) is 0. The van der Waals surface area contributed by atoms with Gasteiger partial charge in [0.1, 0.15) is 11.5 Å². The number of methoxy groups -OCH3 is 1. The fourth-order valence-corrected chi connectivity index (χ4v) is 3.05. The summed E-state index contributed by atoms with van der Waals surface area (Å²) in [6.07, 6.45) is 1.71. The van der Waals surface area contributed by atoms with E-state index in [1.807, 2.05) is 31.2 Å². The van der Waals surface area contributed by atoms with Crippen LogP contribution in [-0.2, 0) is 24.5 Å². The van der Waals surface area contributed by atoms with E-state index < -0.39 is 11.5 Å². The highest BCUT2D eigenvalue weighted by Gasteiger charge is 2.53. The van der Waals surface area contributed by atoms with Crippen LogP contribution in [0.25, 0.3) is 0 Å². The largest absolute Gasteiger partial charge is 0.468 e. The summed E-state index contributed by atoms with van der Waals surface area (Å²) < 4.78 is 10.4. The molecule has 0 aromatic heterocycles. The molecule has 1 saturated carbocycles. The summed E-state index contributed by atoms with van der Waals surface area (Å²) in [7, 11) is 1.38. The van der Waals surface area contributed by atoms with Crippen molar-refractivity contribution in [2.24, 2.45) is 0 Å². The van der Waals surface area contributed by atoms with Crippen molar-refractivity contribution in [1.29, 1.82) is 0 Å². The van der Waals surface area contributed by atoms with Crippen LogP contribution in [0.3, 0.4) is 0 Å². The first-order valence-electron chi connectivity index (χ1n) is 6.83. The molecule has 1 fully saturated rings. The fourth-order valence-electron chi connectivity index (χ4n) is 3.05. The van der Waals surface area contributed by atoms with E-state index in [2.05, 4.69) is 0 Å². The first-order chi connectivity index (χ1) is 9.50. The van der Waals surface area contributed by atoms with Crippen molar-refractivity contribution < 1.29 is 19.1 Å². The van der Waals surface area contributed by atoms with Gasteiger partial charge in [-0.05, 0) is 31.7 Å². The number of hydrogen-bond acceptors (Lipinski definition) is 4. The molecule has 2 rings (SSSR count). The molecule has 1 aromatic carbocycles. The molecule has 20 heavy (non-hydrogen) atoms. The third-order valence-corrected chi connectivity index (χ3v) is 4.01. The quantitative estimate of drug-likeness (QED) is 0.796. The van der Waals surface area contributed by atoms with Crippen LogP contribution >= 0.6 is 0 Å². The Morgan fingerprint density at radius 1 is 1.25 bits per heavy atom. The van der Waals surface area contributed by atoms with Crippen molar-refractivity contribution in [2.75, 3.05) is 7.11 Å². The van der Waals surface area contributed by atoms with Crippen molar-refractivity contribution in [3.8, 4) is 0 Å². The van der Waals surface area contributed by atoms with Crippen LogP contribution in [0.5, 0.6) is 0 Å². The van der Waals surface area contributed by atoms with Gasteiger partial charge < -0.3 is 9.47 Å². The molecule has 0 heterocycles. The highest BCUT2D eigenvalue weighted by atomic mass is 16.6. The van der Waals surface area contributed by atoms with E-state index in [1.165, 1.54) is 14.0 Å². The molecule has 0 amide bonds. The molecule has 4 heteroatoms. The highest BCUT2D eigenvalue weighted by Crippen LogP contribution is 2.44. The Balaban J connectivity index is 2.47. The molecule has 1 aliphatic carbocycles. The van der Waals surface area contributed by atoms with Gasteiger partial charge in [0.15, 0.2) is 0 Å². The molecule has 108 valence electrons. The Morgan fingerprint density at radius 2 is 1.90 bits per heavy atom. The number of aryl methyl sites for hydroxylation is 1. The predicted octanol–water partition coefficient (Wildman–Crippen LogP) is 2.52. The second-order valence-electron chi connectivity index (χ2n) is 5.32. The van der Waals surface area contributed by atoms with Crippen molar-refractivity contribution in [3.05, 3.63) is 35.4 Å². The molecule has 2 unspecified atom stereocenters. The molecular weight excluding hydrogens is 256 g/mol. The fraction of sp³-hybridized carbons (Fsp3) is 0.500. The molecular formula is C16H20O4. The molecule has 4 nitrogen and oxygen atoms in total. The second kappa shape index (κ2) is 5.65. The van der Waals surface area contributed by atoms with Crippen molar-refractivity contribution >= 4 is 11.9 Å². The Bertz CT molecular complexity index is 506. The summed E-state index contributed by atoms with van der Waals surface area (Å²) in [5.41, 5.74) is 1.11. The van der Waals surface area contributed by atoms with Gasteiger partial charge in [0, 0.05) is 6.92 Å². The smallest absolute Gasteiger partial charge is 0.320 e. The molecule has 2 atom stereocenters. The minimum Gasteiger partial charge on any atom is -0.468 e. The average Bonchev–Trinajstić information content (AvgIpc) is 2.82. The lowest BCUT2D eigenvalue weighted by atomic mass is 9.76. The number of rotatable bonds is 3. The van der Waals surface area contributed by atoms with Crippen LogP contribution in [0.4, 0.5) is 0 Å². The van der Waals surface area contributed by atoms with Gasteiger partial charge in [0.05, 0.1) is 7.11 Å². The van der Waals surface area contributed by atoms with Crippen molar-refractivity contribution in [3.63, 3.8) is 0 Å².